The molecule has 1 amide bonds. The first kappa shape index (κ1) is 15.9. The van der Waals surface area contributed by atoms with Crippen LogP contribution in [-0.2, 0) is 4.79 Å². The number of rotatable bonds is 7. The van der Waals surface area contributed by atoms with Crippen molar-refractivity contribution in [3.05, 3.63) is 0 Å². The standard InChI is InChI=1S/C13H25N3O/c1-6-13(4,10-14)12(17)15-8-7-9-16(5)11(2)3/h11H,6-9H2,1-5H3,(H,15,17). The Morgan fingerprint density at radius 3 is 2.53 bits per heavy atom. The van der Waals surface area contributed by atoms with Gasteiger partial charge in [-0.2, -0.15) is 5.26 Å². The highest BCUT2D eigenvalue weighted by Gasteiger charge is 2.30. The number of nitrogens with one attached hydrogen (secondary N) is 1. The van der Waals surface area contributed by atoms with Crippen LogP contribution >= 0.6 is 0 Å². The Kier molecular flexibility index (Phi) is 6.82. The van der Waals surface area contributed by atoms with Crippen molar-refractivity contribution in [3.63, 3.8) is 0 Å². The molecule has 0 aliphatic heterocycles. The van der Waals surface area contributed by atoms with Gasteiger partial charge >= 0.3 is 0 Å². The van der Waals surface area contributed by atoms with Crippen molar-refractivity contribution in [2.45, 2.75) is 46.6 Å². The predicted octanol–water partition coefficient (Wildman–Crippen LogP) is 1.77. The summed E-state index contributed by atoms with van der Waals surface area (Å²) in [4.78, 5) is 14.0. The van der Waals surface area contributed by atoms with E-state index in [9.17, 15) is 4.79 Å². The van der Waals surface area contributed by atoms with Crippen LogP contribution in [0.4, 0.5) is 0 Å². The van der Waals surface area contributed by atoms with E-state index in [2.05, 4.69) is 37.2 Å². The van der Waals surface area contributed by atoms with E-state index in [-0.39, 0.29) is 5.91 Å². The van der Waals surface area contributed by atoms with E-state index >= 15 is 0 Å². The van der Waals surface area contributed by atoms with Gasteiger partial charge in [0, 0.05) is 12.6 Å². The van der Waals surface area contributed by atoms with Gasteiger partial charge in [-0.1, -0.05) is 6.92 Å². The van der Waals surface area contributed by atoms with Gasteiger partial charge in [0.2, 0.25) is 5.91 Å². The van der Waals surface area contributed by atoms with E-state index in [1.54, 1.807) is 6.92 Å². The van der Waals surface area contributed by atoms with E-state index in [4.69, 9.17) is 5.26 Å². The minimum Gasteiger partial charge on any atom is -0.355 e. The summed E-state index contributed by atoms with van der Waals surface area (Å²) in [5.41, 5.74) is -0.885. The van der Waals surface area contributed by atoms with Crippen LogP contribution < -0.4 is 5.32 Å². The minimum absolute atomic E-state index is 0.158. The zero-order chi connectivity index (χ0) is 13.5. The largest absolute Gasteiger partial charge is 0.355 e. The molecule has 0 fully saturated rings. The van der Waals surface area contributed by atoms with Crippen LogP contribution in [0.15, 0.2) is 0 Å². The number of carbonyl (C=O) groups excluding carboxylic acids is 1. The Labute approximate surface area is 105 Å². The molecule has 1 atom stereocenters. The zero-order valence-electron chi connectivity index (χ0n) is 11.7. The average Bonchev–Trinajstić information content (AvgIpc) is 2.32. The summed E-state index contributed by atoms with van der Waals surface area (Å²) in [6.07, 6.45) is 1.45. The van der Waals surface area contributed by atoms with Gasteiger partial charge in [-0.05, 0) is 47.2 Å². The molecule has 0 bridgehead atoms. The molecule has 0 radical (unpaired) electrons. The van der Waals surface area contributed by atoms with Crippen LogP contribution in [-0.4, -0.2) is 37.0 Å². The normalized spacial score (nSPS) is 14.5. The number of nitrogens with zero attached hydrogens (tertiary/aromatic N) is 2. The summed E-state index contributed by atoms with van der Waals surface area (Å²) >= 11 is 0. The molecule has 0 saturated heterocycles. The molecule has 1 unspecified atom stereocenters. The first-order valence-corrected chi connectivity index (χ1v) is 6.27. The van der Waals surface area contributed by atoms with Crippen LogP contribution in [0.2, 0.25) is 0 Å². The third-order valence-corrected chi connectivity index (χ3v) is 3.31. The summed E-state index contributed by atoms with van der Waals surface area (Å²) in [5, 5.41) is 11.8. The van der Waals surface area contributed by atoms with E-state index in [1.165, 1.54) is 0 Å². The SMILES string of the molecule is CCC(C)(C#N)C(=O)NCCCN(C)C(C)C. The lowest BCUT2D eigenvalue weighted by atomic mass is 9.88. The smallest absolute Gasteiger partial charge is 0.240 e. The number of carbonyl (C=O) groups is 1. The van der Waals surface area contributed by atoms with Gasteiger partial charge in [0.25, 0.3) is 0 Å². The van der Waals surface area contributed by atoms with E-state index in [1.807, 2.05) is 6.92 Å². The lowest BCUT2D eigenvalue weighted by Crippen LogP contribution is -2.39. The van der Waals surface area contributed by atoms with Crippen LogP contribution in [0.1, 0.15) is 40.5 Å². The third-order valence-electron chi connectivity index (χ3n) is 3.31. The highest BCUT2D eigenvalue weighted by Crippen LogP contribution is 2.19. The van der Waals surface area contributed by atoms with Crippen LogP contribution in [0.3, 0.4) is 0 Å². The van der Waals surface area contributed by atoms with Crippen LogP contribution in [0, 0.1) is 16.7 Å². The maximum absolute atomic E-state index is 11.8. The van der Waals surface area contributed by atoms with Gasteiger partial charge in [-0.3, -0.25) is 4.79 Å². The van der Waals surface area contributed by atoms with Gasteiger partial charge < -0.3 is 10.2 Å². The number of amides is 1. The molecule has 98 valence electrons. The number of nitriles is 1. The molecule has 0 aliphatic carbocycles. The molecule has 0 aliphatic rings. The highest BCUT2D eigenvalue weighted by atomic mass is 16.2. The first-order valence-electron chi connectivity index (χ1n) is 6.27. The molecular weight excluding hydrogens is 214 g/mol. The van der Waals surface area contributed by atoms with Gasteiger partial charge in [0.15, 0.2) is 0 Å². The Morgan fingerprint density at radius 2 is 2.12 bits per heavy atom. The lowest BCUT2D eigenvalue weighted by molar-refractivity contribution is -0.127. The quantitative estimate of drug-likeness (QED) is 0.689. The molecule has 0 heterocycles. The van der Waals surface area contributed by atoms with Crippen LogP contribution in [0.25, 0.3) is 0 Å². The van der Waals surface area contributed by atoms with Crippen molar-refractivity contribution < 1.29 is 4.79 Å². The van der Waals surface area contributed by atoms with Crippen molar-refractivity contribution in [2.24, 2.45) is 5.41 Å². The zero-order valence-corrected chi connectivity index (χ0v) is 11.7. The fraction of sp³-hybridized carbons (Fsp3) is 0.846. The van der Waals surface area contributed by atoms with Crippen molar-refractivity contribution in [2.75, 3.05) is 20.1 Å². The van der Waals surface area contributed by atoms with Gasteiger partial charge in [0.05, 0.1) is 6.07 Å². The number of hydrogen-bond acceptors (Lipinski definition) is 3. The number of hydrogen-bond donors (Lipinski definition) is 1. The fourth-order valence-corrected chi connectivity index (χ4v) is 1.27. The summed E-state index contributed by atoms with van der Waals surface area (Å²) in [6.45, 7) is 9.41. The molecule has 17 heavy (non-hydrogen) atoms. The van der Waals surface area contributed by atoms with Gasteiger partial charge in [-0.15, -0.1) is 0 Å². The molecule has 4 heteroatoms. The fourth-order valence-electron chi connectivity index (χ4n) is 1.27. The molecule has 1 N–H and O–H groups in total. The molecule has 0 spiro atoms. The molecule has 0 aromatic rings. The highest BCUT2D eigenvalue weighted by molar-refractivity contribution is 5.84. The van der Waals surface area contributed by atoms with Crippen molar-refractivity contribution in [1.29, 1.82) is 5.26 Å². The topological polar surface area (TPSA) is 56.1 Å². The third kappa shape index (κ3) is 5.18. The Balaban J connectivity index is 3.91. The Hall–Kier alpha value is -1.08. The second-order valence-corrected chi connectivity index (χ2v) is 4.98. The second kappa shape index (κ2) is 7.29. The monoisotopic (exact) mass is 239 g/mol. The molecule has 0 rings (SSSR count). The Bertz CT molecular complexity index is 283. The summed E-state index contributed by atoms with van der Waals surface area (Å²) in [6, 6.07) is 2.59. The Morgan fingerprint density at radius 1 is 1.53 bits per heavy atom. The second-order valence-electron chi connectivity index (χ2n) is 4.98. The van der Waals surface area contributed by atoms with Gasteiger partial charge in [0.1, 0.15) is 5.41 Å². The van der Waals surface area contributed by atoms with Crippen molar-refractivity contribution in [1.82, 2.24) is 10.2 Å². The maximum Gasteiger partial charge on any atom is 0.240 e. The summed E-state index contributed by atoms with van der Waals surface area (Å²) in [5.74, 6) is -0.158. The maximum atomic E-state index is 11.8. The van der Waals surface area contributed by atoms with E-state index < -0.39 is 5.41 Å². The lowest BCUT2D eigenvalue weighted by Gasteiger charge is -2.22. The van der Waals surface area contributed by atoms with Crippen molar-refractivity contribution >= 4 is 5.91 Å². The predicted molar refractivity (Wildman–Crippen MR) is 69.4 cm³/mol. The molecule has 0 aromatic carbocycles. The average molecular weight is 239 g/mol. The summed E-state index contributed by atoms with van der Waals surface area (Å²) in [7, 11) is 2.07. The van der Waals surface area contributed by atoms with E-state index in [0.29, 0.717) is 19.0 Å². The van der Waals surface area contributed by atoms with E-state index in [0.717, 1.165) is 13.0 Å². The van der Waals surface area contributed by atoms with Crippen LogP contribution in [0.5, 0.6) is 0 Å². The summed E-state index contributed by atoms with van der Waals surface area (Å²) < 4.78 is 0. The first-order chi connectivity index (χ1) is 7.87. The molecule has 0 saturated carbocycles. The molecular formula is C13H25N3O. The molecule has 4 nitrogen and oxygen atoms in total. The van der Waals surface area contributed by atoms with Crippen molar-refractivity contribution in [3.8, 4) is 6.07 Å². The van der Waals surface area contributed by atoms with Gasteiger partial charge in [-0.25, -0.2) is 0 Å². The minimum atomic E-state index is -0.885. The molecule has 0 aromatic heterocycles.